The standard InChI is InChI=1S/C15H24N2/c1-3-17-11-9-15(10-12-17)16-13(2)14-7-5-4-6-8-14/h4-8,13,15-16H,3,9-12H2,1-2H3/t13-/m1/s1. The molecule has 1 aliphatic rings. The third-order valence-electron chi connectivity index (χ3n) is 3.82. The molecule has 1 atom stereocenters. The molecule has 0 saturated carbocycles. The molecule has 0 unspecified atom stereocenters. The highest BCUT2D eigenvalue weighted by atomic mass is 15.1. The number of hydrogen-bond donors (Lipinski definition) is 1. The highest BCUT2D eigenvalue weighted by Gasteiger charge is 2.19. The molecule has 1 fully saturated rings. The van der Waals surface area contributed by atoms with Crippen molar-refractivity contribution in [3.05, 3.63) is 35.9 Å². The molecule has 0 aliphatic carbocycles. The average Bonchev–Trinajstić information content (AvgIpc) is 2.40. The van der Waals surface area contributed by atoms with E-state index in [0.29, 0.717) is 12.1 Å². The largest absolute Gasteiger partial charge is 0.307 e. The van der Waals surface area contributed by atoms with E-state index in [-0.39, 0.29) is 0 Å². The number of nitrogens with one attached hydrogen (secondary N) is 1. The molecule has 1 heterocycles. The maximum Gasteiger partial charge on any atom is 0.0294 e. The minimum atomic E-state index is 0.467. The molecule has 1 aromatic carbocycles. The van der Waals surface area contributed by atoms with Gasteiger partial charge in [0.05, 0.1) is 0 Å². The summed E-state index contributed by atoms with van der Waals surface area (Å²) in [5, 5.41) is 3.75. The third kappa shape index (κ3) is 3.55. The first-order valence-corrected chi connectivity index (χ1v) is 6.83. The first-order chi connectivity index (χ1) is 8.29. The fraction of sp³-hybridized carbons (Fsp3) is 0.600. The van der Waals surface area contributed by atoms with Crippen LogP contribution in [-0.2, 0) is 0 Å². The topological polar surface area (TPSA) is 15.3 Å². The van der Waals surface area contributed by atoms with Gasteiger partial charge in [0.2, 0.25) is 0 Å². The lowest BCUT2D eigenvalue weighted by Gasteiger charge is -2.33. The van der Waals surface area contributed by atoms with Crippen molar-refractivity contribution in [1.29, 1.82) is 0 Å². The van der Waals surface area contributed by atoms with Crippen LogP contribution in [0.4, 0.5) is 0 Å². The molecule has 2 rings (SSSR count). The first kappa shape index (κ1) is 12.6. The van der Waals surface area contributed by atoms with Crippen molar-refractivity contribution in [2.45, 2.75) is 38.8 Å². The number of likely N-dealkylation sites (tertiary alicyclic amines) is 1. The smallest absolute Gasteiger partial charge is 0.0294 e. The van der Waals surface area contributed by atoms with Crippen molar-refractivity contribution in [3.63, 3.8) is 0 Å². The van der Waals surface area contributed by atoms with Crippen molar-refractivity contribution < 1.29 is 0 Å². The quantitative estimate of drug-likeness (QED) is 0.858. The average molecular weight is 232 g/mol. The minimum absolute atomic E-state index is 0.467. The van der Waals surface area contributed by atoms with Gasteiger partial charge in [-0.1, -0.05) is 37.3 Å². The second-order valence-corrected chi connectivity index (χ2v) is 5.01. The summed E-state index contributed by atoms with van der Waals surface area (Å²) in [5.41, 5.74) is 1.39. The van der Waals surface area contributed by atoms with Gasteiger partial charge < -0.3 is 10.2 Å². The van der Waals surface area contributed by atoms with Crippen LogP contribution < -0.4 is 5.32 Å². The Labute approximate surface area is 105 Å². The SMILES string of the molecule is CCN1CCC(N[C@H](C)c2ccccc2)CC1. The van der Waals surface area contributed by atoms with E-state index >= 15 is 0 Å². The van der Waals surface area contributed by atoms with Crippen LogP contribution in [0, 0.1) is 0 Å². The van der Waals surface area contributed by atoms with E-state index in [1.54, 1.807) is 0 Å². The maximum absolute atomic E-state index is 3.75. The fourth-order valence-corrected chi connectivity index (χ4v) is 2.61. The monoisotopic (exact) mass is 232 g/mol. The molecule has 17 heavy (non-hydrogen) atoms. The molecular weight excluding hydrogens is 208 g/mol. The highest BCUT2D eigenvalue weighted by molar-refractivity contribution is 5.18. The number of piperidine rings is 1. The van der Waals surface area contributed by atoms with Crippen molar-refractivity contribution >= 4 is 0 Å². The minimum Gasteiger partial charge on any atom is -0.307 e. The lowest BCUT2D eigenvalue weighted by atomic mass is 10.0. The van der Waals surface area contributed by atoms with Gasteiger partial charge in [-0.3, -0.25) is 0 Å². The third-order valence-corrected chi connectivity index (χ3v) is 3.82. The summed E-state index contributed by atoms with van der Waals surface area (Å²) in [6.45, 7) is 8.20. The van der Waals surface area contributed by atoms with Gasteiger partial charge in [0.15, 0.2) is 0 Å². The van der Waals surface area contributed by atoms with Crippen LogP contribution in [0.2, 0.25) is 0 Å². The maximum atomic E-state index is 3.75. The van der Waals surface area contributed by atoms with Crippen LogP contribution in [0.3, 0.4) is 0 Å². The van der Waals surface area contributed by atoms with Gasteiger partial charge in [-0.15, -0.1) is 0 Å². The lowest BCUT2D eigenvalue weighted by Crippen LogP contribution is -2.43. The number of benzene rings is 1. The Morgan fingerprint density at radius 3 is 2.47 bits per heavy atom. The van der Waals surface area contributed by atoms with Gasteiger partial charge in [0.25, 0.3) is 0 Å². The summed E-state index contributed by atoms with van der Waals surface area (Å²) in [6, 6.07) is 11.9. The zero-order chi connectivity index (χ0) is 12.1. The van der Waals surface area contributed by atoms with E-state index in [1.165, 1.54) is 38.0 Å². The Hall–Kier alpha value is -0.860. The second-order valence-electron chi connectivity index (χ2n) is 5.01. The summed E-state index contributed by atoms with van der Waals surface area (Å²) in [6.07, 6.45) is 2.57. The van der Waals surface area contributed by atoms with Gasteiger partial charge in [-0.2, -0.15) is 0 Å². The van der Waals surface area contributed by atoms with E-state index in [0.717, 1.165) is 0 Å². The Kier molecular flexibility index (Phi) is 4.57. The molecular formula is C15H24N2. The molecule has 1 N–H and O–H groups in total. The molecule has 0 radical (unpaired) electrons. The van der Waals surface area contributed by atoms with Gasteiger partial charge in [-0.05, 0) is 45.0 Å². The zero-order valence-corrected chi connectivity index (χ0v) is 11.0. The van der Waals surface area contributed by atoms with Crippen molar-refractivity contribution in [2.75, 3.05) is 19.6 Å². The molecule has 0 aromatic heterocycles. The molecule has 2 heteroatoms. The van der Waals surface area contributed by atoms with Crippen molar-refractivity contribution in [3.8, 4) is 0 Å². The van der Waals surface area contributed by atoms with Crippen molar-refractivity contribution in [1.82, 2.24) is 10.2 Å². The Morgan fingerprint density at radius 1 is 1.24 bits per heavy atom. The molecule has 0 bridgehead atoms. The Balaban J connectivity index is 1.82. The summed E-state index contributed by atoms with van der Waals surface area (Å²) in [5.74, 6) is 0. The summed E-state index contributed by atoms with van der Waals surface area (Å²) in [7, 11) is 0. The van der Waals surface area contributed by atoms with Crippen LogP contribution >= 0.6 is 0 Å². The van der Waals surface area contributed by atoms with Crippen LogP contribution in [0.15, 0.2) is 30.3 Å². The Morgan fingerprint density at radius 2 is 1.88 bits per heavy atom. The van der Waals surface area contributed by atoms with Crippen LogP contribution in [0.1, 0.15) is 38.3 Å². The highest BCUT2D eigenvalue weighted by Crippen LogP contribution is 2.16. The van der Waals surface area contributed by atoms with E-state index in [1.807, 2.05) is 0 Å². The molecule has 0 amide bonds. The van der Waals surface area contributed by atoms with Gasteiger partial charge >= 0.3 is 0 Å². The molecule has 1 saturated heterocycles. The molecule has 94 valence electrons. The first-order valence-electron chi connectivity index (χ1n) is 6.83. The molecule has 1 aromatic rings. The van der Waals surface area contributed by atoms with E-state index in [9.17, 15) is 0 Å². The second kappa shape index (κ2) is 6.18. The molecule has 2 nitrogen and oxygen atoms in total. The summed E-state index contributed by atoms with van der Waals surface area (Å²) in [4.78, 5) is 2.53. The van der Waals surface area contributed by atoms with Crippen LogP contribution in [0.25, 0.3) is 0 Å². The summed E-state index contributed by atoms with van der Waals surface area (Å²) < 4.78 is 0. The molecule has 1 aliphatic heterocycles. The van der Waals surface area contributed by atoms with E-state index < -0.39 is 0 Å². The Bertz CT molecular complexity index is 315. The normalized spacial score (nSPS) is 20.4. The van der Waals surface area contributed by atoms with Crippen LogP contribution in [0.5, 0.6) is 0 Å². The molecule has 0 spiro atoms. The van der Waals surface area contributed by atoms with Gasteiger partial charge in [-0.25, -0.2) is 0 Å². The predicted molar refractivity (Wildman–Crippen MR) is 73.1 cm³/mol. The number of rotatable bonds is 4. The zero-order valence-electron chi connectivity index (χ0n) is 11.0. The van der Waals surface area contributed by atoms with E-state index in [4.69, 9.17) is 0 Å². The number of hydrogen-bond acceptors (Lipinski definition) is 2. The fourth-order valence-electron chi connectivity index (χ4n) is 2.61. The summed E-state index contributed by atoms with van der Waals surface area (Å²) >= 11 is 0. The van der Waals surface area contributed by atoms with Gasteiger partial charge in [0, 0.05) is 12.1 Å². The van der Waals surface area contributed by atoms with E-state index in [2.05, 4.69) is 54.4 Å². The lowest BCUT2D eigenvalue weighted by molar-refractivity contribution is 0.200. The number of nitrogens with zero attached hydrogens (tertiary/aromatic N) is 1. The van der Waals surface area contributed by atoms with Gasteiger partial charge in [0.1, 0.15) is 0 Å². The predicted octanol–water partition coefficient (Wildman–Crippen LogP) is 2.82. The van der Waals surface area contributed by atoms with Crippen LogP contribution in [-0.4, -0.2) is 30.6 Å². The van der Waals surface area contributed by atoms with Crippen molar-refractivity contribution in [2.24, 2.45) is 0 Å².